The third-order valence-corrected chi connectivity index (χ3v) is 5.42. The number of ether oxygens (including phenoxy) is 2. The maximum atomic E-state index is 12.8. The van der Waals surface area contributed by atoms with Crippen LogP contribution in [0.2, 0.25) is 0 Å². The lowest BCUT2D eigenvalue weighted by Crippen LogP contribution is -2.50. The summed E-state index contributed by atoms with van der Waals surface area (Å²) in [6.07, 6.45) is 0.996. The Kier molecular flexibility index (Phi) is 7.70. The third-order valence-electron chi connectivity index (χ3n) is 5.42. The minimum atomic E-state index is -0.185. The molecule has 1 heterocycles. The number of hydrogen-bond acceptors (Lipinski definition) is 5. The summed E-state index contributed by atoms with van der Waals surface area (Å²) in [5.74, 6) is 1.09. The second-order valence-corrected chi connectivity index (χ2v) is 7.62. The molecule has 2 aromatic rings. The van der Waals surface area contributed by atoms with Crippen molar-refractivity contribution in [1.29, 1.82) is 0 Å². The zero-order valence-corrected chi connectivity index (χ0v) is 18.7. The fourth-order valence-electron chi connectivity index (χ4n) is 3.72. The summed E-state index contributed by atoms with van der Waals surface area (Å²) in [6, 6.07) is 12.5. The summed E-state index contributed by atoms with van der Waals surface area (Å²) in [6.45, 7) is 3.39. The monoisotopic (exact) mass is 439 g/mol. The van der Waals surface area contributed by atoms with E-state index in [1.165, 1.54) is 6.92 Å². The Labute approximate surface area is 188 Å². The smallest absolute Gasteiger partial charge is 0.254 e. The van der Waals surface area contributed by atoms with Gasteiger partial charge in [-0.25, -0.2) is 0 Å². The molecule has 0 unspecified atom stereocenters. The van der Waals surface area contributed by atoms with Crippen LogP contribution in [0.4, 0.5) is 5.69 Å². The molecule has 0 bridgehead atoms. The van der Waals surface area contributed by atoms with Crippen molar-refractivity contribution in [2.75, 3.05) is 45.7 Å². The lowest BCUT2D eigenvalue weighted by Gasteiger charge is -2.35. The fraction of sp³-hybridized carbons (Fsp3) is 0.375. The highest BCUT2D eigenvalue weighted by molar-refractivity contribution is 5.97. The molecular weight excluding hydrogens is 410 g/mol. The van der Waals surface area contributed by atoms with Crippen molar-refractivity contribution in [2.45, 2.75) is 19.8 Å². The molecule has 3 rings (SSSR count). The first-order valence-corrected chi connectivity index (χ1v) is 10.6. The van der Waals surface area contributed by atoms with Crippen molar-refractivity contribution >= 4 is 23.4 Å². The zero-order valence-electron chi connectivity index (χ0n) is 18.7. The number of nitrogens with zero attached hydrogens (tertiary/aromatic N) is 2. The molecule has 0 aromatic heterocycles. The SMILES string of the molecule is COc1ccc(CCC(=O)N2CCN(C(=O)c3cccc(NC(C)=O)c3)CC2)cc1OC. The van der Waals surface area contributed by atoms with Crippen molar-refractivity contribution in [3.05, 3.63) is 53.6 Å². The van der Waals surface area contributed by atoms with E-state index in [2.05, 4.69) is 5.32 Å². The van der Waals surface area contributed by atoms with Gasteiger partial charge in [-0.1, -0.05) is 12.1 Å². The minimum Gasteiger partial charge on any atom is -0.493 e. The highest BCUT2D eigenvalue weighted by Crippen LogP contribution is 2.28. The zero-order chi connectivity index (χ0) is 23.1. The molecule has 0 saturated carbocycles. The van der Waals surface area contributed by atoms with Gasteiger partial charge in [-0.2, -0.15) is 0 Å². The van der Waals surface area contributed by atoms with Gasteiger partial charge in [-0.3, -0.25) is 14.4 Å². The van der Waals surface area contributed by atoms with Crippen molar-refractivity contribution in [3.8, 4) is 11.5 Å². The van der Waals surface area contributed by atoms with E-state index in [0.29, 0.717) is 61.8 Å². The maximum absolute atomic E-state index is 12.8. The third kappa shape index (κ3) is 5.78. The number of methoxy groups -OCH3 is 2. The normalized spacial score (nSPS) is 13.5. The molecule has 32 heavy (non-hydrogen) atoms. The number of benzene rings is 2. The van der Waals surface area contributed by atoms with Crippen LogP contribution in [0.5, 0.6) is 11.5 Å². The Morgan fingerprint density at radius 2 is 1.59 bits per heavy atom. The summed E-state index contributed by atoms with van der Waals surface area (Å²) in [5.41, 5.74) is 2.11. The van der Waals surface area contributed by atoms with Gasteiger partial charge in [0.05, 0.1) is 14.2 Å². The minimum absolute atomic E-state index is 0.0690. The van der Waals surface area contributed by atoms with E-state index in [1.807, 2.05) is 18.2 Å². The number of piperazine rings is 1. The molecule has 0 spiro atoms. The summed E-state index contributed by atoms with van der Waals surface area (Å²) < 4.78 is 10.6. The molecule has 3 amide bonds. The van der Waals surface area contributed by atoms with Crippen LogP contribution in [0.25, 0.3) is 0 Å². The number of amides is 3. The highest BCUT2D eigenvalue weighted by Gasteiger charge is 2.25. The Morgan fingerprint density at radius 3 is 2.25 bits per heavy atom. The van der Waals surface area contributed by atoms with E-state index in [0.717, 1.165) is 5.56 Å². The summed E-state index contributed by atoms with van der Waals surface area (Å²) in [5, 5.41) is 2.69. The van der Waals surface area contributed by atoms with Crippen LogP contribution in [-0.4, -0.2) is 67.9 Å². The number of carbonyl (C=O) groups is 3. The van der Waals surface area contributed by atoms with Gasteiger partial charge in [0.1, 0.15) is 0 Å². The molecule has 2 aromatic carbocycles. The van der Waals surface area contributed by atoms with E-state index in [9.17, 15) is 14.4 Å². The molecule has 0 atom stereocenters. The van der Waals surface area contributed by atoms with Crippen LogP contribution in [0.3, 0.4) is 0 Å². The molecule has 170 valence electrons. The Bertz CT molecular complexity index is 983. The first-order chi connectivity index (χ1) is 15.4. The molecule has 8 heteroatoms. The Balaban J connectivity index is 1.51. The van der Waals surface area contributed by atoms with E-state index in [-0.39, 0.29) is 17.7 Å². The lowest BCUT2D eigenvalue weighted by molar-refractivity contribution is -0.132. The van der Waals surface area contributed by atoms with E-state index in [1.54, 1.807) is 48.3 Å². The largest absolute Gasteiger partial charge is 0.493 e. The van der Waals surface area contributed by atoms with Gasteiger partial charge in [-0.05, 0) is 42.3 Å². The summed E-state index contributed by atoms with van der Waals surface area (Å²) in [7, 11) is 3.18. The van der Waals surface area contributed by atoms with Gasteiger partial charge in [0.15, 0.2) is 11.5 Å². The van der Waals surface area contributed by atoms with Gasteiger partial charge in [0.2, 0.25) is 11.8 Å². The number of aryl methyl sites for hydroxylation is 1. The van der Waals surface area contributed by atoms with E-state index < -0.39 is 0 Å². The molecule has 1 aliphatic heterocycles. The first kappa shape index (κ1) is 23.1. The van der Waals surface area contributed by atoms with Crippen molar-refractivity contribution < 1.29 is 23.9 Å². The number of rotatable bonds is 7. The quantitative estimate of drug-likeness (QED) is 0.717. The molecular formula is C24H29N3O5. The Hall–Kier alpha value is -3.55. The Morgan fingerprint density at radius 1 is 0.906 bits per heavy atom. The molecule has 8 nitrogen and oxygen atoms in total. The lowest BCUT2D eigenvalue weighted by atomic mass is 10.1. The van der Waals surface area contributed by atoms with Gasteiger partial charge in [0.25, 0.3) is 5.91 Å². The average Bonchev–Trinajstić information content (AvgIpc) is 2.81. The van der Waals surface area contributed by atoms with Gasteiger partial charge in [0, 0.05) is 50.8 Å². The molecule has 1 aliphatic rings. The number of carbonyl (C=O) groups excluding carboxylic acids is 3. The van der Waals surface area contributed by atoms with Crippen LogP contribution in [0.1, 0.15) is 29.3 Å². The van der Waals surface area contributed by atoms with Crippen LogP contribution in [0, 0.1) is 0 Å². The highest BCUT2D eigenvalue weighted by atomic mass is 16.5. The van der Waals surface area contributed by atoms with Crippen LogP contribution in [0.15, 0.2) is 42.5 Å². The van der Waals surface area contributed by atoms with E-state index >= 15 is 0 Å². The van der Waals surface area contributed by atoms with Crippen molar-refractivity contribution in [3.63, 3.8) is 0 Å². The summed E-state index contributed by atoms with van der Waals surface area (Å²) >= 11 is 0. The maximum Gasteiger partial charge on any atom is 0.254 e. The molecule has 1 saturated heterocycles. The van der Waals surface area contributed by atoms with Crippen LogP contribution >= 0.6 is 0 Å². The van der Waals surface area contributed by atoms with Crippen molar-refractivity contribution in [2.24, 2.45) is 0 Å². The predicted octanol–water partition coefficient (Wildman–Crippen LogP) is 2.58. The summed E-state index contributed by atoms with van der Waals surface area (Å²) in [4.78, 5) is 40.3. The van der Waals surface area contributed by atoms with Gasteiger partial charge >= 0.3 is 0 Å². The average molecular weight is 440 g/mol. The number of anilines is 1. The first-order valence-electron chi connectivity index (χ1n) is 10.6. The van der Waals surface area contributed by atoms with Gasteiger partial charge < -0.3 is 24.6 Å². The predicted molar refractivity (Wildman–Crippen MR) is 121 cm³/mol. The molecule has 0 radical (unpaired) electrons. The molecule has 1 N–H and O–H groups in total. The fourth-order valence-corrected chi connectivity index (χ4v) is 3.72. The topological polar surface area (TPSA) is 88.2 Å². The van der Waals surface area contributed by atoms with Gasteiger partial charge in [-0.15, -0.1) is 0 Å². The van der Waals surface area contributed by atoms with E-state index in [4.69, 9.17) is 9.47 Å². The molecule has 0 aliphatic carbocycles. The molecule has 1 fully saturated rings. The van der Waals surface area contributed by atoms with Crippen LogP contribution < -0.4 is 14.8 Å². The second kappa shape index (κ2) is 10.7. The standard InChI is InChI=1S/C24H29N3O5/c1-17(28)25-20-6-4-5-19(16-20)24(30)27-13-11-26(12-14-27)23(29)10-8-18-7-9-21(31-2)22(15-18)32-3/h4-7,9,15-16H,8,10-14H2,1-3H3,(H,25,28). The number of nitrogens with one attached hydrogen (secondary N) is 1. The second-order valence-electron chi connectivity index (χ2n) is 7.62. The van der Waals surface area contributed by atoms with Crippen molar-refractivity contribution in [1.82, 2.24) is 9.80 Å². The number of hydrogen-bond donors (Lipinski definition) is 1. The van der Waals surface area contributed by atoms with Crippen LogP contribution in [-0.2, 0) is 16.0 Å².